The molecule has 1 N–H and O–H groups in total. The second-order valence-corrected chi connectivity index (χ2v) is 7.11. The third-order valence-electron chi connectivity index (χ3n) is 5.36. The second-order valence-electron chi connectivity index (χ2n) is 7.11. The molecular formula is C21H21N3O3. The largest absolute Gasteiger partial charge is 0.274 e. The van der Waals surface area contributed by atoms with E-state index < -0.39 is 0 Å². The molecule has 0 unspecified atom stereocenters. The van der Waals surface area contributed by atoms with Crippen LogP contribution >= 0.6 is 0 Å². The summed E-state index contributed by atoms with van der Waals surface area (Å²) in [6.07, 6.45) is 5.11. The van der Waals surface area contributed by atoms with Gasteiger partial charge in [0.2, 0.25) is 11.8 Å². The lowest BCUT2D eigenvalue weighted by molar-refractivity contribution is -0.122. The number of anilines is 1. The van der Waals surface area contributed by atoms with Crippen molar-refractivity contribution in [2.75, 3.05) is 10.3 Å². The zero-order valence-electron chi connectivity index (χ0n) is 15.3. The van der Waals surface area contributed by atoms with Crippen molar-refractivity contribution in [1.29, 1.82) is 0 Å². The van der Waals surface area contributed by atoms with Gasteiger partial charge in [-0.25, -0.2) is 0 Å². The van der Waals surface area contributed by atoms with Crippen LogP contribution < -0.4 is 10.3 Å². The maximum Gasteiger partial charge on any atom is 0.270 e. The molecule has 0 bridgehead atoms. The summed E-state index contributed by atoms with van der Waals surface area (Å²) in [5.74, 6) is -1.22. The summed E-state index contributed by atoms with van der Waals surface area (Å²) in [6, 6.07) is 10.5. The third kappa shape index (κ3) is 2.87. The monoisotopic (exact) mass is 363 g/mol. The number of imide groups is 1. The van der Waals surface area contributed by atoms with E-state index in [0.717, 1.165) is 11.4 Å². The van der Waals surface area contributed by atoms with E-state index in [9.17, 15) is 14.4 Å². The summed E-state index contributed by atoms with van der Waals surface area (Å²) < 4.78 is 1.71. The molecule has 138 valence electrons. The quantitative estimate of drug-likeness (QED) is 0.673. The molecule has 1 aromatic carbocycles. The molecule has 6 heteroatoms. The molecule has 2 atom stereocenters. The minimum atomic E-state index is -0.294. The molecule has 0 radical (unpaired) electrons. The lowest BCUT2D eigenvalue weighted by atomic mass is 9.85. The fourth-order valence-electron chi connectivity index (χ4n) is 3.85. The predicted octanol–water partition coefficient (Wildman–Crippen LogP) is 2.94. The van der Waals surface area contributed by atoms with Gasteiger partial charge in [-0.15, -0.1) is 0 Å². The smallest absolute Gasteiger partial charge is 0.270 e. The normalized spacial score (nSPS) is 21.5. The minimum Gasteiger partial charge on any atom is -0.274 e. The Morgan fingerprint density at radius 1 is 0.963 bits per heavy atom. The van der Waals surface area contributed by atoms with Crippen molar-refractivity contribution in [1.82, 2.24) is 4.68 Å². The molecule has 1 fully saturated rings. The molecule has 2 aliphatic rings. The number of allylic oxidation sites excluding steroid dienone is 2. The molecule has 1 aliphatic carbocycles. The van der Waals surface area contributed by atoms with Crippen LogP contribution in [-0.4, -0.2) is 22.4 Å². The van der Waals surface area contributed by atoms with Crippen LogP contribution in [0.25, 0.3) is 0 Å². The first-order chi connectivity index (χ1) is 13.0. The fraction of sp³-hybridized carbons (Fsp3) is 0.286. The molecule has 3 amide bonds. The Labute approximate surface area is 157 Å². The number of hydrogen-bond donors (Lipinski definition) is 1. The van der Waals surface area contributed by atoms with Crippen molar-refractivity contribution in [3.05, 3.63) is 65.5 Å². The van der Waals surface area contributed by atoms with Crippen molar-refractivity contribution in [2.24, 2.45) is 11.8 Å². The first-order valence-corrected chi connectivity index (χ1v) is 9.06. The molecule has 2 heterocycles. The van der Waals surface area contributed by atoms with Crippen LogP contribution in [0.1, 0.15) is 34.6 Å². The Morgan fingerprint density at radius 3 is 2.15 bits per heavy atom. The highest BCUT2D eigenvalue weighted by molar-refractivity contribution is 6.22. The van der Waals surface area contributed by atoms with Gasteiger partial charge in [-0.2, -0.15) is 0 Å². The molecule has 0 spiro atoms. The van der Waals surface area contributed by atoms with Crippen LogP contribution in [0.4, 0.5) is 5.69 Å². The molecule has 4 rings (SSSR count). The van der Waals surface area contributed by atoms with Gasteiger partial charge in [0.15, 0.2) is 0 Å². The van der Waals surface area contributed by atoms with E-state index in [4.69, 9.17) is 0 Å². The van der Waals surface area contributed by atoms with Crippen LogP contribution in [0.5, 0.6) is 0 Å². The molecule has 1 aromatic heterocycles. The highest BCUT2D eigenvalue weighted by Gasteiger charge is 2.47. The Bertz CT molecular complexity index is 927. The maximum atomic E-state index is 12.7. The topological polar surface area (TPSA) is 71.4 Å². The van der Waals surface area contributed by atoms with E-state index in [1.165, 1.54) is 4.90 Å². The second kappa shape index (κ2) is 6.54. The summed E-state index contributed by atoms with van der Waals surface area (Å²) in [4.78, 5) is 39.4. The van der Waals surface area contributed by atoms with Gasteiger partial charge in [-0.3, -0.25) is 29.4 Å². The molecule has 0 saturated carbocycles. The standard InChI is InChI=1S/C21H21N3O3/c1-13-10-11-14(2)24(13)22-19(25)15-6-5-7-16(12-15)23-20(26)17-8-3-4-9-18(17)21(23)27/h3-7,10-12,17-18H,8-9H2,1-2H3,(H,22,25)/t17-,18-/m0/s1. The van der Waals surface area contributed by atoms with Crippen LogP contribution in [0.15, 0.2) is 48.6 Å². The van der Waals surface area contributed by atoms with Crippen molar-refractivity contribution < 1.29 is 14.4 Å². The van der Waals surface area contributed by atoms with Gasteiger partial charge in [0.05, 0.1) is 17.5 Å². The van der Waals surface area contributed by atoms with E-state index >= 15 is 0 Å². The molecular weight excluding hydrogens is 342 g/mol. The summed E-state index contributed by atoms with van der Waals surface area (Å²) in [5, 5.41) is 0. The summed E-state index contributed by atoms with van der Waals surface area (Å²) in [7, 11) is 0. The van der Waals surface area contributed by atoms with Crippen molar-refractivity contribution in [3.8, 4) is 0 Å². The van der Waals surface area contributed by atoms with Gasteiger partial charge in [-0.05, 0) is 57.0 Å². The predicted molar refractivity (Wildman–Crippen MR) is 102 cm³/mol. The van der Waals surface area contributed by atoms with E-state index in [1.807, 2.05) is 38.1 Å². The lowest BCUT2D eigenvalue weighted by Gasteiger charge is -2.16. The average molecular weight is 363 g/mol. The number of aromatic nitrogens is 1. The van der Waals surface area contributed by atoms with Gasteiger partial charge in [0, 0.05) is 17.0 Å². The fourth-order valence-corrected chi connectivity index (χ4v) is 3.85. The van der Waals surface area contributed by atoms with Gasteiger partial charge in [-0.1, -0.05) is 18.2 Å². The van der Waals surface area contributed by atoms with Gasteiger partial charge >= 0.3 is 0 Å². The van der Waals surface area contributed by atoms with Crippen LogP contribution in [0.2, 0.25) is 0 Å². The van der Waals surface area contributed by atoms with Gasteiger partial charge in [0.25, 0.3) is 5.91 Å². The van der Waals surface area contributed by atoms with Gasteiger partial charge in [0.1, 0.15) is 0 Å². The Balaban J connectivity index is 1.60. The lowest BCUT2D eigenvalue weighted by Crippen LogP contribution is -2.31. The van der Waals surface area contributed by atoms with E-state index in [1.54, 1.807) is 28.9 Å². The number of carbonyl (C=O) groups is 3. The SMILES string of the molecule is Cc1ccc(C)n1NC(=O)c1cccc(N2C(=O)[C@H]3CC=CC[C@@H]3C2=O)c1. The molecule has 1 aliphatic heterocycles. The zero-order valence-corrected chi connectivity index (χ0v) is 15.3. The first-order valence-electron chi connectivity index (χ1n) is 9.06. The van der Waals surface area contributed by atoms with Crippen LogP contribution in [-0.2, 0) is 9.59 Å². The molecule has 1 saturated heterocycles. The number of rotatable bonds is 3. The van der Waals surface area contributed by atoms with E-state index in [0.29, 0.717) is 24.1 Å². The average Bonchev–Trinajstić information content (AvgIpc) is 3.13. The highest BCUT2D eigenvalue weighted by atomic mass is 16.2. The number of fused-ring (bicyclic) bond motifs is 1. The summed E-state index contributed by atoms with van der Waals surface area (Å²) in [5.41, 5.74) is 5.52. The minimum absolute atomic E-state index is 0.177. The van der Waals surface area contributed by atoms with E-state index in [2.05, 4.69) is 5.43 Å². The maximum absolute atomic E-state index is 12.7. The van der Waals surface area contributed by atoms with E-state index in [-0.39, 0.29) is 29.6 Å². The third-order valence-corrected chi connectivity index (χ3v) is 5.36. The number of hydrogen-bond acceptors (Lipinski definition) is 3. The van der Waals surface area contributed by atoms with Crippen LogP contribution in [0, 0.1) is 25.7 Å². The number of benzene rings is 1. The van der Waals surface area contributed by atoms with Crippen molar-refractivity contribution in [3.63, 3.8) is 0 Å². The van der Waals surface area contributed by atoms with Crippen LogP contribution in [0.3, 0.4) is 0 Å². The molecule has 6 nitrogen and oxygen atoms in total. The molecule has 27 heavy (non-hydrogen) atoms. The van der Waals surface area contributed by atoms with Gasteiger partial charge < -0.3 is 0 Å². The number of aryl methyl sites for hydroxylation is 2. The Hall–Kier alpha value is -3.15. The number of amides is 3. The summed E-state index contributed by atoms with van der Waals surface area (Å²) in [6.45, 7) is 3.81. The number of carbonyl (C=O) groups excluding carboxylic acids is 3. The molecule has 2 aromatic rings. The number of nitrogens with one attached hydrogen (secondary N) is 1. The Kier molecular flexibility index (Phi) is 4.18. The first kappa shape index (κ1) is 17.3. The highest BCUT2D eigenvalue weighted by Crippen LogP contribution is 2.37. The van der Waals surface area contributed by atoms with Crippen molar-refractivity contribution >= 4 is 23.4 Å². The zero-order chi connectivity index (χ0) is 19.1. The Morgan fingerprint density at radius 2 is 1.56 bits per heavy atom. The number of nitrogens with zero attached hydrogens (tertiary/aromatic N) is 2. The van der Waals surface area contributed by atoms with Crippen molar-refractivity contribution in [2.45, 2.75) is 26.7 Å². The summed E-state index contributed by atoms with van der Waals surface area (Å²) >= 11 is 0.